The van der Waals surface area contributed by atoms with Gasteiger partial charge in [0.25, 0.3) is 0 Å². The summed E-state index contributed by atoms with van der Waals surface area (Å²) in [6.07, 6.45) is 4.45. The Balaban J connectivity index is 2.32. The van der Waals surface area contributed by atoms with Crippen LogP contribution in [0, 0.1) is 5.92 Å². The van der Waals surface area contributed by atoms with Crippen LogP contribution < -0.4 is 5.32 Å². The Labute approximate surface area is 62.0 Å². The van der Waals surface area contributed by atoms with Gasteiger partial charge in [-0.2, -0.15) is 0 Å². The molecule has 58 valence electrons. The van der Waals surface area contributed by atoms with E-state index in [1.54, 1.807) is 0 Å². The van der Waals surface area contributed by atoms with Crippen molar-refractivity contribution in [1.29, 1.82) is 0 Å². The molecule has 0 spiro atoms. The summed E-state index contributed by atoms with van der Waals surface area (Å²) in [6, 6.07) is 0.130. The zero-order valence-corrected chi connectivity index (χ0v) is 6.47. The zero-order chi connectivity index (χ0) is 7.40. The first-order chi connectivity index (χ1) is 4.83. The van der Waals surface area contributed by atoms with Crippen molar-refractivity contribution in [3.05, 3.63) is 0 Å². The van der Waals surface area contributed by atoms with Gasteiger partial charge in [-0.15, -0.1) is 0 Å². The first-order valence-electron chi connectivity index (χ1n) is 4.01. The van der Waals surface area contributed by atoms with E-state index in [0.29, 0.717) is 0 Å². The van der Waals surface area contributed by atoms with Crippen molar-refractivity contribution in [3.8, 4) is 0 Å². The fourth-order valence-corrected chi connectivity index (χ4v) is 1.34. The van der Waals surface area contributed by atoms with Crippen molar-refractivity contribution in [2.75, 3.05) is 6.54 Å². The number of hydrogen-bond acceptors (Lipinski definition) is 2. The van der Waals surface area contributed by atoms with Crippen LogP contribution in [-0.2, 0) is 4.79 Å². The molecule has 1 fully saturated rings. The van der Waals surface area contributed by atoms with E-state index in [1.807, 2.05) is 0 Å². The first kappa shape index (κ1) is 7.73. The van der Waals surface area contributed by atoms with Gasteiger partial charge >= 0.3 is 0 Å². The lowest BCUT2D eigenvalue weighted by Crippen LogP contribution is -2.29. The second kappa shape index (κ2) is 3.71. The summed E-state index contributed by atoms with van der Waals surface area (Å²) < 4.78 is 0. The molecule has 1 aliphatic rings. The normalized spacial score (nSPS) is 34.9. The van der Waals surface area contributed by atoms with Crippen molar-refractivity contribution in [1.82, 2.24) is 5.32 Å². The predicted molar refractivity (Wildman–Crippen MR) is 40.9 cm³/mol. The Hall–Kier alpha value is -0.370. The Kier molecular flexibility index (Phi) is 2.87. The lowest BCUT2D eigenvalue weighted by Gasteiger charge is -2.05. The maximum Gasteiger partial charge on any atom is 0.136 e. The minimum absolute atomic E-state index is 0.130. The van der Waals surface area contributed by atoms with E-state index < -0.39 is 0 Å². The van der Waals surface area contributed by atoms with Crippen LogP contribution in [0.5, 0.6) is 0 Å². The molecule has 0 radical (unpaired) electrons. The Morgan fingerprint density at radius 2 is 2.20 bits per heavy atom. The van der Waals surface area contributed by atoms with Gasteiger partial charge in [-0.3, -0.25) is 0 Å². The van der Waals surface area contributed by atoms with E-state index in [0.717, 1.165) is 25.2 Å². The van der Waals surface area contributed by atoms with Gasteiger partial charge in [0.2, 0.25) is 0 Å². The first-order valence-corrected chi connectivity index (χ1v) is 4.01. The molecule has 1 aliphatic heterocycles. The van der Waals surface area contributed by atoms with Crippen molar-refractivity contribution in [3.63, 3.8) is 0 Å². The van der Waals surface area contributed by atoms with Crippen LogP contribution in [0.3, 0.4) is 0 Å². The summed E-state index contributed by atoms with van der Waals surface area (Å²) >= 11 is 0. The van der Waals surface area contributed by atoms with Crippen molar-refractivity contribution in [2.24, 2.45) is 5.92 Å². The SMILES string of the molecule is CC1CCNC(C=O)CC1. The van der Waals surface area contributed by atoms with Crippen LogP contribution in [0.15, 0.2) is 0 Å². The molecule has 1 heterocycles. The third-order valence-corrected chi connectivity index (χ3v) is 2.18. The van der Waals surface area contributed by atoms with Crippen LogP contribution in [-0.4, -0.2) is 18.9 Å². The molecular weight excluding hydrogens is 126 g/mol. The average molecular weight is 141 g/mol. The lowest BCUT2D eigenvalue weighted by atomic mass is 10.0. The van der Waals surface area contributed by atoms with Gasteiger partial charge in [0.15, 0.2) is 0 Å². The molecule has 10 heavy (non-hydrogen) atoms. The third-order valence-electron chi connectivity index (χ3n) is 2.18. The molecule has 0 aliphatic carbocycles. The van der Waals surface area contributed by atoms with Gasteiger partial charge in [-0.05, 0) is 31.7 Å². The molecule has 2 atom stereocenters. The summed E-state index contributed by atoms with van der Waals surface area (Å²) in [5, 5.41) is 3.19. The molecule has 2 unspecified atom stereocenters. The van der Waals surface area contributed by atoms with Crippen LogP contribution >= 0.6 is 0 Å². The smallest absolute Gasteiger partial charge is 0.136 e. The van der Waals surface area contributed by atoms with Crippen LogP contribution in [0.2, 0.25) is 0 Å². The van der Waals surface area contributed by atoms with E-state index >= 15 is 0 Å². The molecule has 0 amide bonds. The molecule has 1 N–H and O–H groups in total. The summed E-state index contributed by atoms with van der Waals surface area (Å²) in [5.74, 6) is 0.789. The highest BCUT2D eigenvalue weighted by Crippen LogP contribution is 2.13. The van der Waals surface area contributed by atoms with Crippen molar-refractivity contribution < 1.29 is 4.79 Å². The monoisotopic (exact) mass is 141 g/mol. The van der Waals surface area contributed by atoms with E-state index in [2.05, 4.69) is 12.2 Å². The summed E-state index contributed by atoms with van der Waals surface area (Å²) in [6.45, 7) is 3.25. The number of aldehydes is 1. The number of hydrogen-bond donors (Lipinski definition) is 1. The molecule has 1 saturated heterocycles. The fourth-order valence-electron chi connectivity index (χ4n) is 1.34. The van der Waals surface area contributed by atoms with Crippen LogP contribution in [0.1, 0.15) is 26.2 Å². The molecular formula is C8H15NO. The standard InChI is InChI=1S/C8H15NO/c1-7-2-3-8(6-10)9-5-4-7/h6-9H,2-5H2,1H3. The van der Waals surface area contributed by atoms with Crippen LogP contribution in [0.25, 0.3) is 0 Å². The second-order valence-electron chi connectivity index (χ2n) is 3.17. The van der Waals surface area contributed by atoms with Gasteiger partial charge in [0.1, 0.15) is 6.29 Å². The lowest BCUT2D eigenvalue weighted by molar-refractivity contribution is -0.109. The van der Waals surface area contributed by atoms with Gasteiger partial charge in [0.05, 0.1) is 6.04 Å². The number of carbonyl (C=O) groups excluding carboxylic acids is 1. The summed E-state index contributed by atoms with van der Waals surface area (Å²) in [5.41, 5.74) is 0. The van der Waals surface area contributed by atoms with E-state index in [4.69, 9.17) is 0 Å². The molecule has 2 nitrogen and oxygen atoms in total. The summed E-state index contributed by atoms with van der Waals surface area (Å²) in [4.78, 5) is 10.4. The Bertz CT molecular complexity index is 114. The minimum Gasteiger partial charge on any atom is -0.308 e. The predicted octanol–water partition coefficient (Wildman–Crippen LogP) is 0.964. The zero-order valence-electron chi connectivity index (χ0n) is 6.47. The highest BCUT2D eigenvalue weighted by atomic mass is 16.1. The Morgan fingerprint density at radius 1 is 1.40 bits per heavy atom. The van der Waals surface area contributed by atoms with Crippen molar-refractivity contribution in [2.45, 2.75) is 32.2 Å². The van der Waals surface area contributed by atoms with E-state index in [1.165, 1.54) is 12.8 Å². The number of carbonyl (C=O) groups is 1. The molecule has 0 aromatic rings. The molecule has 2 heteroatoms. The topological polar surface area (TPSA) is 29.1 Å². The fraction of sp³-hybridized carbons (Fsp3) is 0.875. The highest BCUT2D eigenvalue weighted by Gasteiger charge is 2.13. The number of nitrogens with one attached hydrogen (secondary N) is 1. The van der Waals surface area contributed by atoms with E-state index in [9.17, 15) is 4.79 Å². The summed E-state index contributed by atoms with van der Waals surface area (Å²) in [7, 11) is 0. The minimum atomic E-state index is 0.130. The highest BCUT2D eigenvalue weighted by molar-refractivity contribution is 5.57. The van der Waals surface area contributed by atoms with Gasteiger partial charge in [-0.25, -0.2) is 0 Å². The molecule has 1 rings (SSSR count). The maximum atomic E-state index is 10.4. The second-order valence-corrected chi connectivity index (χ2v) is 3.17. The average Bonchev–Trinajstić information content (AvgIpc) is 2.14. The van der Waals surface area contributed by atoms with Crippen LogP contribution in [0.4, 0.5) is 0 Å². The Morgan fingerprint density at radius 3 is 2.90 bits per heavy atom. The molecule has 0 bridgehead atoms. The van der Waals surface area contributed by atoms with E-state index in [-0.39, 0.29) is 6.04 Å². The van der Waals surface area contributed by atoms with Gasteiger partial charge in [0, 0.05) is 0 Å². The quantitative estimate of drug-likeness (QED) is 0.551. The van der Waals surface area contributed by atoms with Gasteiger partial charge < -0.3 is 10.1 Å². The largest absolute Gasteiger partial charge is 0.308 e. The van der Waals surface area contributed by atoms with Crippen molar-refractivity contribution >= 4 is 6.29 Å². The van der Waals surface area contributed by atoms with Gasteiger partial charge in [-0.1, -0.05) is 6.92 Å². The third kappa shape index (κ3) is 2.10. The maximum absolute atomic E-state index is 10.4. The molecule has 0 saturated carbocycles. The number of rotatable bonds is 1. The molecule has 0 aromatic carbocycles. The molecule has 0 aromatic heterocycles.